The number of nitrogens with two attached hydrogens (primary N) is 1. The summed E-state index contributed by atoms with van der Waals surface area (Å²) in [6, 6.07) is 21.0. The number of benzene rings is 2. The minimum atomic E-state index is 0.175. The van der Waals surface area contributed by atoms with Crippen molar-refractivity contribution in [1.29, 1.82) is 0 Å². The van der Waals surface area contributed by atoms with Crippen LogP contribution in [0.15, 0.2) is 66.7 Å². The fourth-order valence-electron chi connectivity index (χ4n) is 2.28. The first-order valence-corrected chi connectivity index (χ1v) is 7.38. The first-order chi connectivity index (χ1) is 9.86. The summed E-state index contributed by atoms with van der Waals surface area (Å²) in [6.07, 6.45) is 9.00. The van der Waals surface area contributed by atoms with Crippen LogP contribution in [0.25, 0.3) is 6.08 Å². The minimum absolute atomic E-state index is 0.175. The van der Waals surface area contributed by atoms with E-state index in [-0.39, 0.29) is 6.04 Å². The zero-order valence-corrected chi connectivity index (χ0v) is 11.9. The van der Waals surface area contributed by atoms with E-state index in [9.17, 15) is 0 Å². The lowest BCUT2D eigenvalue weighted by molar-refractivity contribution is 0.590. The van der Waals surface area contributed by atoms with Crippen LogP contribution in [-0.2, 0) is 0 Å². The van der Waals surface area contributed by atoms with E-state index >= 15 is 0 Å². The van der Waals surface area contributed by atoms with Crippen molar-refractivity contribution >= 4 is 6.08 Å². The van der Waals surface area contributed by atoms with Gasteiger partial charge in [0.05, 0.1) is 0 Å². The lowest BCUT2D eigenvalue weighted by Crippen LogP contribution is -2.09. The Balaban J connectivity index is 1.63. The molecule has 1 unspecified atom stereocenters. The Labute approximate surface area is 122 Å². The Morgan fingerprint density at radius 1 is 0.850 bits per heavy atom. The summed E-state index contributed by atoms with van der Waals surface area (Å²) in [4.78, 5) is 0. The lowest BCUT2D eigenvalue weighted by Gasteiger charge is -2.11. The smallest absolute Gasteiger partial charge is 0.0294 e. The highest BCUT2D eigenvalue weighted by Crippen LogP contribution is 2.17. The molecule has 1 nitrogen and oxygen atoms in total. The number of hydrogen-bond donors (Lipinski definition) is 1. The Hall–Kier alpha value is -1.86. The van der Waals surface area contributed by atoms with E-state index in [2.05, 4.69) is 60.7 Å². The molecule has 1 atom stereocenters. The van der Waals surface area contributed by atoms with Crippen molar-refractivity contribution in [2.24, 2.45) is 5.73 Å². The number of hydrogen-bond acceptors (Lipinski definition) is 1. The van der Waals surface area contributed by atoms with Crippen LogP contribution >= 0.6 is 0 Å². The Morgan fingerprint density at radius 3 is 2.20 bits per heavy atom. The minimum Gasteiger partial charge on any atom is -0.324 e. The van der Waals surface area contributed by atoms with Gasteiger partial charge in [-0.3, -0.25) is 0 Å². The molecule has 0 amide bonds. The second kappa shape index (κ2) is 8.34. The summed E-state index contributed by atoms with van der Waals surface area (Å²) in [5.74, 6) is 0. The molecule has 0 aromatic heterocycles. The van der Waals surface area contributed by atoms with Gasteiger partial charge in [0.2, 0.25) is 0 Å². The van der Waals surface area contributed by atoms with Gasteiger partial charge < -0.3 is 5.73 Å². The van der Waals surface area contributed by atoms with E-state index in [1.807, 2.05) is 12.1 Å². The maximum absolute atomic E-state index is 6.18. The molecule has 0 aliphatic carbocycles. The average Bonchev–Trinajstić information content (AvgIpc) is 2.52. The molecule has 0 saturated carbocycles. The van der Waals surface area contributed by atoms with E-state index in [0.717, 1.165) is 12.8 Å². The molecule has 2 rings (SSSR count). The molecule has 0 spiro atoms. The van der Waals surface area contributed by atoms with E-state index in [0.29, 0.717) is 0 Å². The Bertz CT molecular complexity index is 502. The molecule has 0 bridgehead atoms. The lowest BCUT2D eigenvalue weighted by atomic mass is 10.0. The summed E-state index contributed by atoms with van der Waals surface area (Å²) in [6.45, 7) is 0. The molecular formula is C19H23N. The van der Waals surface area contributed by atoms with Gasteiger partial charge >= 0.3 is 0 Å². The molecule has 0 aliphatic rings. The van der Waals surface area contributed by atoms with Gasteiger partial charge in [-0.15, -0.1) is 0 Å². The zero-order chi connectivity index (χ0) is 14.0. The van der Waals surface area contributed by atoms with Gasteiger partial charge in [0.15, 0.2) is 0 Å². The van der Waals surface area contributed by atoms with Crippen LogP contribution in [0.5, 0.6) is 0 Å². The third-order valence-corrected chi connectivity index (χ3v) is 3.47. The normalized spacial score (nSPS) is 12.7. The zero-order valence-electron chi connectivity index (χ0n) is 11.9. The largest absolute Gasteiger partial charge is 0.324 e. The summed E-state index contributed by atoms with van der Waals surface area (Å²) in [5.41, 5.74) is 8.70. The third kappa shape index (κ3) is 5.02. The number of allylic oxidation sites excluding steroid dienone is 1. The Morgan fingerprint density at radius 2 is 1.50 bits per heavy atom. The van der Waals surface area contributed by atoms with Gasteiger partial charge in [-0.2, -0.15) is 0 Å². The first-order valence-electron chi connectivity index (χ1n) is 7.38. The second-order valence-corrected chi connectivity index (χ2v) is 5.11. The first kappa shape index (κ1) is 14.5. The van der Waals surface area contributed by atoms with E-state index in [4.69, 9.17) is 5.73 Å². The number of rotatable bonds is 7. The molecular weight excluding hydrogens is 242 g/mol. The van der Waals surface area contributed by atoms with Crippen LogP contribution in [0.3, 0.4) is 0 Å². The van der Waals surface area contributed by atoms with Crippen molar-refractivity contribution in [1.82, 2.24) is 0 Å². The number of unbranched alkanes of at least 4 members (excludes halogenated alkanes) is 2. The summed E-state index contributed by atoms with van der Waals surface area (Å²) < 4.78 is 0. The maximum Gasteiger partial charge on any atom is 0.0294 e. The molecule has 0 heterocycles. The van der Waals surface area contributed by atoms with Crippen molar-refractivity contribution in [2.75, 3.05) is 0 Å². The van der Waals surface area contributed by atoms with E-state index < -0.39 is 0 Å². The van der Waals surface area contributed by atoms with Crippen LogP contribution < -0.4 is 5.73 Å². The van der Waals surface area contributed by atoms with Crippen molar-refractivity contribution < 1.29 is 0 Å². The van der Waals surface area contributed by atoms with Crippen LogP contribution in [0.1, 0.15) is 42.9 Å². The summed E-state index contributed by atoms with van der Waals surface area (Å²) in [5, 5.41) is 0. The highest BCUT2D eigenvalue weighted by atomic mass is 14.6. The Kier molecular flexibility index (Phi) is 6.07. The predicted molar refractivity (Wildman–Crippen MR) is 87.3 cm³/mol. The molecule has 2 aromatic carbocycles. The molecule has 2 N–H and O–H groups in total. The van der Waals surface area contributed by atoms with Crippen molar-refractivity contribution in [3.63, 3.8) is 0 Å². The fraction of sp³-hybridized carbons (Fsp3) is 0.263. The summed E-state index contributed by atoms with van der Waals surface area (Å²) in [7, 11) is 0. The van der Waals surface area contributed by atoms with Gasteiger partial charge in [0.1, 0.15) is 0 Å². The van der Waals surface area contributed by atoms with Gasteiger partial charge in [-0.1, -0.05) is 79.2 Å². The monoisotopic (exact) mass is 265 g/mol. The maximum atomic E-state index is 6.18. The van der Waals surface area contributed by atoms with Crippen molar-refractivity contribution in [2.45, 2.75) is 31.7 Å². The van der Waals surface area contributed by atoms with Gasteiger partial charge in [0.25, 0.3) is 0 Å². The quantitative estimate of drug-likeness (QED) is 0.703. The standard InChI is InChI=1S/C19H23N/c20-19(18-14-8-4-9-15-18)16-10-2-1-5-11-17-12-6-3-7-13-17/h3-9,11-15,19H,1-2,10,16,20H2/b11-5+. The topological polar surface area (TPSA) is 26.0 Å². The van der Waals surface area contributed by atoms with Crippen LogP contribution in [0.4, 0.5) is 0 Å². The molecule has 2 aromatic rings. The second-order valence-electron chi connectivity index (χ2n) is 5.11. The van der Waals surface area contributed by atoms with E-state index in [1.54, 1.807) is 0 Å². The third-order valence-electron chi connectivity index (χ3n) is 3.47. The highest BCUT2D eigenvalue weighted by molar-refractivity contribution is 5.48. The highest BCUT2D eigenvalue weighted by Gasteiger charge is 2.03. The molecule has 1 heteroatoms. The fourth-order valence-corrected chi connectivity index (χ4v) is 2.28. The molecule has 0 fully saturated rings. The van der Waals surface area contributed by atoms with Gasteiger partial charge in [-0.25, -0.2) is 0 Å². The molecule has 20 heavy (non-hydrogen) atoms. The van der Waals surface area contributed by atoms with Crippen LogP contribution in [0.2, 0.25) is 0 Å². The molecule has 0 saturated heterocycles. The van der Waals surface area contributed by atoms with Gasteiger partial charge in [-0.05, 0) is 30.4 Å². The van der Waals surface area contributed by atoms with Crippen LogP contribution in [0, 0.1) is 0 Å². The van der Waals surface area contributed by atoms with Crippen molar-refractivity contribution in [3.05, 3.63) is 77.9 Å². The molecule has 104 valence electrons. The van der Waals surface area contributed by atoms with E-state index in [1.165, 1.54) is 24.0 Å². The summed E-state index contributed by atoms with van der Waals surface area (Å²) >= 11 is 0. The van der Waals surface area contributed by atoms with Crippen molar-refractivity contribution in [3.8, 4) is 0 Å². The predicted octanol–water partition coefficient (Wildman–Crippen LogP) is 4.96. The average molecular weight is 265 g/mol. The van der Waals surface area contributed by atoms with Gasteiger partial charge in [0, 0.05) is 6.04 Å². The molecule has 0 radical (unpaired) electrons. The van der Waals surface area contributed by atoms with Crippen LogP contribution in [-0.4, -0.2) is 0 Å². The molecule has 0 aliphatic heterocycles. The SMILES string of the molecule is NC(CCCC/C=C/c1ccccc1)c1ccccc1.